The Morgan fingerprint density at radius 3 is 2.62 bits per heavy atom. The number of aliphatic carboxylic acids is 1. The van der Waals surface area contributed by atoms with Crippen LogP contribution in [0.2, 0.25) is 0 Å². The summed E-state index contributed by atoms with van der Waals surface area (Å²) in [6.07, 6.45) is 5.08. The van der Waals surface area contributed by atoms with Crippen molar-refractivity contribution >= 4 is 28.3 Å². The number of aliphatic hydroxyl groups is 1. The topological polar surface area (TPSA) is 103 Å². The Morgan fingerprint density at radius 2 is 1.90 bits per heavy atom. The van der Waals surface area contributed by atoms with Crippen molar-refractivity contribution in [3.8, 4) is 17.0 Å². The monoisotopic (exact) mass is 587 g/mol. The van der Waals surface area contributed by atoms with Gasteiger partial charge in [0.1, 0.15) is 12.4 Å². The van der Waals surface area contributed by atoms with Gasteiger partial charge in [-0.15, -0.1) is 11.3 Å². The molecule has 2 N–H and O–H groups in total. The molecule has 4 atom stereocenters. The number of likely N-dealkylation sites (tertiary alicyclic amines) is 1. The van der Waals surface area contributed by atoms with Crippen LogP contribution in [-0.2, 0) is 11.4 Å². The lowest BCUT2D eigenvalue weighted by Gasteiger charge is -2.67. The first-order valence-corrected chi connectivity index (χ1v) is 15.9. The molecule has 7 rings (SSSR count). The molecule has 42 heavy (non-hydrogen) atoms. The summed E-state index contributed by atoms with van der Waals surface area (Å²) in [5.41, 5.74) is 3.92. The standard InChI is InChI=1S/C33H37N3O5S/c1-20-6-9-26(41-17-23-8-7-22(15-21(23)2)29(37)35-12-4-3-5-13-35)24(14-20)25-18-42-31(34-25)36-16-28-32(19-36)11-10-27(32)33(28,40)30(38)39/h6-9,14-15,18,27-28,40H,3-5,10-13,16-17,19H2,1-2H3,(H,38,39). The van der Waals surface area contributed by atoms with Crippen LogP contribution in [0.4, 0.5) is 5.13 Å². The fraction of sp³-hybridized carbons (Fsp3) is 0.485. The van der Waals surface area contributed by atoms with E-state index in [4.69, 9.17) is 9.72 Å². The van der Waals surface area contributed by atoms with E-state index in [-0.39, 0.29) is 23.2 Å². The second-order valence-corrected chi connectivity index (χ2v) is 13.5. The molecular weight excluding hydrogens is 550 g/mol. The van der Waals surface area contributed by atoms with Gasteiger partial charge in [-0.25, -0.2) is 9.78 Å². The highest BCUT2D eigenvalue weighted by atomic mass is 32.1. The minimum Gasteiger partial charge on any atom is -0.488 e. The molecule has 2 aliphatic heterocycles. The van der Waals surface area contributed by atoms with Crippen molar-refractivity contribution in [2.45, 2.75) is 58.2 Å². The SMILES string of the molecule is Cc1ccc(OCc2ccc(C(=O)N3CCCCC3)cc2C)c(-c2csc(N3CC4C5(CCC5C4(O)C(=O)O)C3)n2)c1. The summed E-state index contributed by atoms with van der Waals surface area (Å²) < 4.78 is 6.36. The van der Waals surface area contributed by atoms with Crippen LogP contribution in [0, 0.1) is 31.1 Å². The van der Waals surface area contributed by atoms with Gasteiger partial charge in [-0.1, -0.05) is 17.7 Å². The van der Waals surface area contributed by atoms with Crippen LogP contribution in [-0.4, -0.2) is 63.8 Å². The Labute approximate surface area is 249 Å². The molecular formula is C33H37N3O5S. The number of amides is 1. The van der Waals surface area contributed by atoms with Crippen molar-refractivity contribution in [2.75, 3.05) is 31.1 Å². The van der Waals surface area contributed by atoms with E-state index in [1.165, 1.54) is 6.42 Å². The number of carbonyl (C=O) groups is 2. The molecule has 1 aromatic heterocycles. The Kier molecular flexibility index (Phi) is 6.58. The van der Waals surface area contributed by atoms with E-state index in [2.05, 4.69) is 11.0 Å². The van der Waals surface area contributed by atoms with Crippen LogP contribution in [0.3, 0.4) is 0 Å². The van der Waals surface area contributed by atoms with Gasteiger partial charge in [0.25, 0.3) is 5.91 Å². The zero-order valence-electron chi connectivity index (χ0n) is 24.1. The van der Waals surface area contributed by atoms with Crippen molar-refractivity contribution in [2.24, 2.45) is 17.3 Å². The first-order valence-electron chi connectivity index (χ1n) is 15.0. The van der Waals surface area contributed by atoms with E-state index < -0.39 is 11.6 Å². The Morgan fingerprint density at radius 1 is 1.10 bits per heavy atom. The lowest BCUT2D eigenvalue weighted by atomic mass is 9.36. The molecule has 1 spiro atoms. The zero-order valence-corrected chi connectivity index (χ0v) is 25.0. The molecule has 2 saturated heterocycles. The van der Waals surface area contributed by atoms with E-state index in [0.29, 0.717) is 13.2 Å². The molecule has 4 fully saturated rings. The number of carboxylic acids is 1. The molecule has 3 aromatic rings. The first kappa shape index (κ1) is 27.4. The van der Waals surface area contributed by atoms with Crippen LogP contribution in [0.5, 0.6) is 5.75 Å². The highest BCUT2D eigenvalue weighted by Crippen LogP contribution is 2.72. The number of hydrogen-bond acceptors (Lipinski definition) is 7. The number of hydrogen-bond donors (Lipinski definition) is 2. The minimum atomic E-state index is -1.61. The third-order valence-electron chi connectivity index (χ3n) is 10.4. The summed E-state index contributed by atoms with van der Waals surface area (Å²) in [6.45, 7) is 7.38. The summed E-state index contributed by atoms with van der Waals surface area (Å²) in [6, 6.07) is 12.0. The van der Waals surface area contributed by atoms with E-state index >= 15 is 0 Å². The maximum absolute atomic E-state index is 13.0. The van der Waals surface area contributed by atoms with Gasteiger partial charge >= 0.3 is 5.97 Å². The molecule has 0 bridgehead atoms. The van der Waals surface area contributed by atoms with E-state index in [1.54, 1.807) is 11.3 Å². The molecule has 9 heteroatoms. The number of carboxylic acid groups (broad SMARTS) is 1. The van der Waals surface area contributed by atoms with Crippen molar-refractivity contribution in [3.63, 3.8) is 0 Å². The quantitative estimate of drug-likeness (QED) is 0.387. The van der Waals surface area contributed by atoms with Crippen molar-refractivity contribution in [1.29, 1.82) is 0 Å². The molecule has 220 valence electrons. The molecule has 4 unspecified atom stereocenters. The average molecular weight is 588 g/mol. The third kappa shape index (κ3) is 4.15. The van der Waals surface area contributed by atoms with Gasteiger partial charge in [-0.05, 0) is 81.3 Å². The number of aromatic nitrogens is 1. The van der Waals surface area contributed by atoms with Crippen LogP contribution in [0.25, 0.3) is 11.3 Å². The Hall–Kier alpha value is -3.43. The molecule has 0 radical (unpaired) electrons. The first-order chi connectivity index (χ1) is 20.2. The number of rotatable bonds is 7. The van der Waals surface area contributed by atoms with Gasteiger partial charge in [-0.3, -0.25) is 4.79 Å². The Bertz CT molecular complexity index is 1560. The van der Waals surface area contributed by atoms with Gasteiger partial charge in [0.2, 0.25) is 0 Å². The van der Waals surface area contributed by atoms with Gasteiger partial charge in [0.05, 0.1) is 5.69 Å². The molecule has 2 saturated carbocycles. The maximum atomic E-state index is 13.0. The number of anilines is 1. The van der Waals surface area contributed by atoms with Crippen molar-refractivity contribution < 1.29 is 24.5 Å². The lowest BCUT2D eigenvalue weighted by molar-refractivity contribution is -0.279. The summed E-state index contributed by atoms with van der Waals surface area (Å²) >= 11 is 1.55. The fourth-order valence-electron chi connectivity index (χ4n) is 7.95. The maximum Gasteiger partial charge on any atom is 0.336 e. The number of piperidine rings is 1. The van der Waals surface area contributed by atoms with Crippen LogP contribution < -0.4 is 9.64 Å². The van der Waals surface area contributed by atoms with Crippen LogP contribution in [0.1, 0.15) is 59.2 Å². The molecule has 2 aromatic carbocycles. The minimum absolute atomic E-state index is 0.0949. The normalized spacial score (nSPS) is 28.0. The van der Waals surface area contributed by atoms with Crippen LogP contribution in [0.15, 0.2) is 41.8 Å². The van der Waals surface area contributed by atoms with Gasteiger partial charge in [-0.2, -0.15) is 0 Å². The van der Waals surface area contributed by atoms with E-state index in [1.807, 2.05) is 54.5 Å². The molecule has 4 aliphatic rings. The highest BCUT2D eigenvalue weighted by molar-refractivity contribution is 7.14. The number of aryl methyl sites for hydroxylation is 2. The number of nitrogens with zero attached hydrogens (tertiary/aromatic N) is 3. The van der Waals surface area contributed by atoms with E-state index in [0.717, 1.165) is 89.7 Å². The molecule has 2 aliphatic carbocycles. The Balaban J connectivity index is 1.07. The summed E-state index contributed by atoms with van der Waals surface area (Å²) in [5.74, 6) is -0.652. The second-order valence-electron chi connectivity index (χ2n) is 12.7. The molecule has 3 heterocycles. The summed E-state index contributed by atoms with van der Waals surface area (Å²) in [4.78, 5) is 34.0. The number of ether oxygens (including phenoxy) is 1. The summed E-state index contributed by atoms with van der Waals surface area (Å²) in [5, 5.41) is 23.6. The van der Waals surface area contributed by atoms with Crippen molar-refractivity contribution in [1.82, 2.24) is 9.88 Å². The predicted octanol–water partition coefficient (Wildman–Crippen LogP) is 5.29. The zero-order chi connectivity index (χ0) is 29.2. The lowest BCUT2D eigenvalue weighted by Crippen LogP contribution is -2.76. The number of carbonyl (C=O) groups excluding carboxylic acids is 1. The van der Waals surface area contributed by atoms with Crippen LogP contribution >= 0.6 is 11.3 Å². The highest BCUT2D eigenvalue weighted by Gasteiger charge is 2.80. The van der Waals surface area contributed by atoms with Gasteiger partial charge in [0, 0.05) is 59.9 Å². The average Bonchev–Trinajstić information content (AvgIpc) is 3.62. The fourth-order valence-corrected chi connectivity index (χ4v) is 8.79. The van der Waals surface area contributed by atoms with Gasteiger partial charge in [0.15, 0.2) is 10.7 Å². The smallest absolute Gasteiger partial charge is 0.336 e. The number of thiazole rings is 1. The largest absolute Gasteiger partial charge is 0.488 e. The van der Waals surface area contributed by atoms with E-state index in [9.17, 15) is 19.8 Å². The second kappa shape index (κ2) is 10.1. The van der Waals surface area contributed by atoms with Crippen molar-refractivity contribution in [3.05, 3.63) is 64.0 Å². The van der Waals surface area contributed by atoms with Gasteiger partial charge < -0.3 is 24.7 Å². The molecule has 8 nitrogen and oxygen atoms in total. The number of benzene rings is 2. The molecule has 1 amide bonds. The third-order valence-corrected chi connectivity index (χ3v) is 11.3. The predicted molar refractivity (Wildman–Crippen MR) is 161 cm³/mol. The summed E-state index contributed by atoms with van der Waals surface area (Å²) in [7, 11) is 0.